The van der Waals surface area contributed by atoms with E-state index in [2.05, 4.69) is 10.5 Å². The molecule has 1 aromatic rings. The standard InChI is InChI=1S/C12H18N2O/c1-2-7-12(6-1)15-14-10-8-11-5-3-4-9-13-11/h3-5,9,12,14H,1-2,6-8,10H2. The van der Waals surface area contributed by atoms with E-state index >= 15 is 0 Å². The predicted molar refractivity (Wildman–Crippen MR) is 59.3 cm³/mol. The largest absolute Gasteiger partial charge is 0.299 e. The Morgan fingerprint density at radius 1 is 1.33 bits per heavy atom. The van der Waals surface area contributed by atoms with Crippen molar-refractivity contribution in [1.29, 1.82) is 0 Å². The number of aromatic nitrogens is 1. The number of hydrogen-bond acceptors (Lipinski definition) is 3. The van der Waals surface area contributed by atoms with E-state index in [0.717, 1.165) is 18.7 Å². The summed E-state index contributed by atoms with van der Waals surface area (Å²) in [5, 5.41) is 0. The van der Waals surface area contributed by atoms with Crippen LogP contribution in [0.3, 0.4) is 0 Å². The Labute approximate surface area is 90.8 Å². The van der Waals surface area contributed by atoms with Crippen molar-refractivity contribution in [2.75, 3.05) is 6.54 Å². The lowest BCUT2D eigenvalue weighted by molar-refractivity contribution is -0.0199. The maximum atomic E-state index is 5.55. The minimum Gasteiger partial charge on any atom is -0.299 e. The molecule has 1 aliphatic carbocycles. The van der Waals surface area contributed by atoms with Gasteiger partial charge >= 0.3 is 0 Å². The first-order valence-corrected chi connectivity index (χ1v) is 5.73. The molecule has 15 heavy (non-hydrogen) atoms. The fourth-order valence-corrected chi connectivity index (χ4v) is 1.91. The van der Waals surface area contributed by atoms with Crippen LogP contribution in [0.2, 0.25) is 0 Å². The van der Waals surface area contributed by atoms with E-state index in [1.165, 1.54) is 25.7 Å². The first-order valence-electron chi connectivity index (χ1n) is 5.73. The Morgan fingerprint density at radius 3 is 2.93 bits per heavy atom. The van der Waals surface area contributed by atoms with Gasteiger partial charge in [-0.2, -0.15) is 0 Å². The normalized spacial score (nSPS) is 17.1. The van der Waals surface area contributed by atoms with Crippen LogP contribution in [0.15, 0.2) is 24.4 Å². The highest BCUT2D eigenvalue weighted by Crippen LogP contribution is 2.19. The van der Waals surface area contributed by atoms with Gasteiger partial charge in [-0.1, -0.05) is 18.9 Å². The van der Waals surface area contributed by atoms with E-state index in [1.807, 2.05) is 24.4 Å². The maximum absolute atomic E-state index is 5.55. The molecule has 0 saturated heterocycles. The van der Waals surface area contributed by atoms with Gasteiger partial charge in [0.1, 0.15) is 0 Å². The summed E-state index contributed by atoms with van der Waals surface area (Å²) in [5.41, 5.74) is 4.15. The lowest BCUT2D eigenvalue weighted by Crippen LogP contribution is -2.24. The molecule has 1 N–H and O–H groups in total. The number of hydroxylamine groups is 1. The molecular formula is C12H18N2O. The van der Waals surface area contributed by atoms with E-state index in [-0.39, 0.29) is 0 Å². The van der Waals surface area contributed by atoms with Gasteiger partial charge in [0.2, 0.25) is 0 Å². The number of nitrogens with zero attached hydrogens (tertiary/aromatic N) is 1. The van der Waals surface area contributed by atoms with Crippen LogP contribution in [0, 0.1) is 0 Å². The van der Waals surface area contributed by atoms with Gasteiger partial charge in [-0.05, 0) is 25.0 Å². The van der Waals surface area contributed by atoms with Crippen molar-refractivity contribution in [1.82, 2.24) is 10.5 Å². The molecule has 0 unspecified atom stereocenters. The van der Waals surface area contributed by atoms with Crippen LogP contribution < -0.4 is 5.48 Å². The zero-order valence-electron chi connectivity index (χ0n) is 8.98. The Morgan fingerprint density at radius 2 is 2.20 bits per heavy atom. The van der Waals surface area contributed by atoms with Crippen LogP contribution in [0.1, 0.15) is 31.4 Å². The van der Waals surface area contributed by atoms with Crippen LogP contribution in [0.25, 0.3) is 0 Å². The molecular weight excluding hydrogens is 188 g/mol. The molecule has 0 amide bonds. The van der Waals surface area contributed by atoms with Gasteiger partial charge in [0, 0.05) is 24.9 Å². The summed E-state index contributed by atoms with van der Waals surface area (Å²) in [6.07, 6.45) is 8.22. The Bertz CT molecular complexity index is 270. The van der Waals surface area contributed by atoms with E-state index in [0.29, 0.717) is 6.10 Å². The van der Waals surface area contributed by atoms with Crippen LogP contribution in [-0.2, 0) is 11.3 Å². The minimum absolute atomic E-state index is 0.439. The van der Waals surface area contributed by atoms with E-state index in [9.17, 15) is 0 Å². The number of nitrogens with one attached hydrogen (secondary N) is 1. The molecule has 0 aromatic carbocycles. The molecule has 0 atom stereocenters. The van der Waals surface area contributed by atoms with Gasteiger partial charge in [0.05, 0.1) is 6.10 Å². The fourth-order valence-electron chi connectivity index (χ4n) is 1.91. The second kappa shape index (κ2) is 5.83. The topological polar surface area (TPSA) is 34.1 Å². The summed E-state index contributed by atoms with van der Waals surface area (Å²) >= 11 is 0. The predicted octanol–water partition coefficient (Wildman–Crippen LogP) is 2.09. The fraction of sp³-hybridized carbons (Fsp3) is 0.583. The number of rotatable bonds is 5. The summed E-state index contributed by atoms with van der Waals surface area (Å²) in [6, 6.07) is 5.99. The Kier molecular flexibility index (Phi) is 4.11. The zero-order chi connectivity index (χ0) is 10.3. The third-order valence-corrected chi connectivity index (χ3v) is 2.76. The molecule has 1 saturated carbocycles. The van der Waals surface area contributed by atoms with Crippen LogP contribution in [0.5, 0.6) is 0 Å². The third-order valence-electron chi connectivity index (χ3n) is 2.76. The molecule has 0 radical (unpaired) electrons. The van der Waals surface area contributed by atoms with Crippen molar-refractivity contribution in [3.05, 3.63) is 30.1 Å². The van der Waals surface area contributed by atoms with Crippen LogP contribution >= 0.6 is 0 Å². The average Bonchev–Trinajstić information content (AvgIpc) is 2.79. The van der Waals surface area contributed by atoms with Crippen molar-refractivity contribution in [2.45, 2.75) is 38.2 Å². The van der Waals surface area contributed by atoms with Crippen molar-refractivity contribution in [3.63, 3.8) is 0 Å². The van der Waals surface area contributed by atoms with E-state index < -0.39 is 0 Å². The summed E-state index contributed by atoms with van der Waals surface area (Å²) in [4.78, 5) is 9.80. The first-order chi connectivity index (χ1) is 7.45. The van der Waals surface area contributed by atoms with Crippen molar-refractivity contribution in [3.8, 4) is 0 Å². The van der Waals surface area contributed by atoms with Gasteiger partial charge in [-0.25, -0.2) is 5.48 Å². The maximum Gasteiger partial charge on any atom is 0.0790 e. The molecule has 0 bridgehead atoms. The summed E-state index contributed by atoms with van der Waals surface area (Å²) in [6.45, 7) is 0.841. The molecule has 2 rings (SSSR count). The lowest BCUT2D eigenvalue weighted by atomic mass is 10.3. The highest BCUT2D eigenvalue weighted by atomic mass is 16.7. The quantitative estimate of drug-likeness (QED) is 0.591. The molecule has 1 heterocycles. The summed E-state index contributed by atoms with van der Waals surface area (Å²) < 4.78 is 0. The van der Waals surface area contributed by atoms with Gasteiger partial charge in [0.15, 0.2) is 0 Å². The molecule has 1 aliphatic rings. The average molecular weight is 206 g/mol. The summed E-state index contributed by atoms with van der Waals surface area (Å²) in [5.74, 6) is 0. The minimum atomic E-state index is 0.439. The van der Waals surface area contributed by atoms with Crippen molar-refractivity contribution in [2.24, 2.45) is 0 Å². The zero-order valence-corrected chi connectivity index (χ0v) is 8.98. The van der Waals surface area contributed by atoms with Crippen LogP contribution in [-0.4, -0.2) is 17.6 Å². The van der Waals surface area contributed by atoms with Crippen molar-refractivity contribution >= 4 is 0 Å². The second-order valence-electron chi connectivity index (χ2n) is 3.99. The Balaban J connectivity index is 1.59. The van der Waals surface area contributed by atoms with Gasteiger partial charge < -0.3 is 0 Å². The lowest BCUT2D eigenvalue weighted by Gasteiger charge is -2.11. The molecule has 3 heteroatoms. The van der Waals surface area contributed by atoms with Crippen molar-refractivity contribution < 1.29 is 4.84 Å². The molecule has 0 spiro atoms. The Hall–Kier alpha value is -0.930. The molecule has 0 aliphatic heterocycles. The SMILES string of the molecule is c1ccc(CCNOC2CCCC2)nc1. The molecule has 1 fully saturated rings. The van der Waals surface area contributed by atoms with E-state index in [4.69, 9.17) is 4.84 Å². The highest BCUT2D eigenvalue weighted by Gasteiger charge is 2.14. The smallest absolute Gasteiger partial charge is 0.0790 e. The molecule has 1 aromatic heterocycles. The highest BCUT2D eigenvalue weighted by molar-refractivity contribution is 5.03. The second-order valence-corrected chi connectivity index (χ2v) is 3.99. The summed E-state index contributed by atoms with van der Waals surface area (Å²) in [7, 11) is 0. The number of pyridine rings is 1. The number of hydrogen-bond donors (Lipinski definition) is 1. The van der Waals surface area contributed by atoms with Gasteiger partial charge in [-0.3, -0.25) is 9.82 Å². The van der Waals surface area contributed by atoms with Gasteiger partial charge in [0.25, 0.3) is 0 Å². The monoisotopic (exact) mass is 206 g/mol. The van der Waals surface area contributed by atoms with E-state index in [1.54, 1.807) is 0 Å². The van der Waals surface area contributed by atoms with Crippen LogP contribution in [0.4, 0.5) is 0 Å². The molecule has 82 valence electrons. The first kappa shape index (κ1) is 10.6. The van der Waals surface area contributed by atoms with Gasteiger partial charge in [-0.15, -0.1) is 0 Å². The third kappa shape index (κ3) is 3.61. The molecule has 3 nitrogen and oxygen atoms in total.